The van der Waals surface area contributed by atoms with Crippen molar-refractivity contribution in [1.29, 1.82) is 0 Å². The molecule has 0 bridgehead atoms. The summed E-state index contributed by atoms with van der Waals surface area (Å²) < 4.78 is 0. The van der Waals surface area contributed by atoms with Crippen LogP contribution in [0.5, 0.6) is 0 Å². The molecule has 0 aromatic heterocycles. The van der Waals surface area contributed by atoms with Gasteiger partial charge in [0.25, 0.3) is 0 Å². The van der Waals surface area contributed by atoms with E-state index < -0.39 is 0 Å². The summed E-state index contributed by atoms with van der Waals surface area (Å²) in [4.78, 5) is 16.4. The first-order chi connectivity index (χ1) is 8.15. The molecule has 0 saturated heterocycles. The zero-order chi connectivity index (χ0) is 12.8. The number of hydrazine groups is 1. The van der Waals surface area contributed by atoms with Gasteiger partial charge in [0.2, 0.25) is 5.91 Å². The summed E-state index contributed by atoms with van der Waals surface area (Å²) in [6, 6.07) is 0. The van der Waals surface area contributed by atoms with E-state index in [1.165, 1.54) is 18.6 Å². The number of nitrogens with two attached hydrogens (primary N) is 1. The molecule has 4 nitrogen and oxygen atoms in total. The predicted octanol–water partition coefficient (Wildman–Crippen LogP) is 1.90. The minimum Gasteiger partial charge on any atom is -0.297 e. The Morgan fingerprint density at radius 2 is 2.29 bits per heavy atom. The summed E-state index contributed by atoms with van der Waals surface area (Å²) in [6.45, 7) is 4.24. The lowest BCUT2D eigenvalue weighted by atomic mass is 9.72. The smallest absolute Gasteiger partial charge is 0.237 e. The molecule has 0 heterocycles. The lowest BCUT2D eigenvalue weighted by Crippen LogP contribution is -2.44. The van der Waals surface area contributed by atoms with Crippen molar-refractivity contribution in [2.45, 2.75) is 46.0 Å². The number of carbonyl (C=O) groups is 1. The predicted molar refractivity (Wildman–Crippen MR) is 70.6 cm³/mol. The number of carbonyl (C=O) groups excluding carboxylic acids is 1. The maximum absolute atomic E-state index is 12.0. The number of nitrogens with one attached hydrogen (secondary N) is 1. The van der Waals surface area contributed by atoms with Gasteiger partial charge in [-0.3, -0.25) is 15.2 Å². The first-order valence-electron chi connectivity index (χ1n) is 6.61. The molecule has 1 saturated carbocycles. The molecule has 98 valence electrons. The molecule has 3 atom stereocenters. The summed E-state index contributed by atoms with van der Waals surface area (Å²) in [5.74, 6) is 5.89. The van der Waals surface area contributed by atoms with Gasteiger partial charge >= 0.3 is 0 Å². The van der Waals surface area contributed by atoms with Crippen molar-refractivity contribution in [3.63, 3.8) is 0 Å². The molecule has 1 aliphatic carbocycles. The molecule has 4 heteroatoms. The zero-order valence-corrected chi connectivity index (χ0v) is 11.2. The summed E-state index contributed by atoms with van der Waals surface area (Å²) >= 11 is 0. The minimum atomic E-state index is -0.0348. The number of amides is 1. The van der Waals surface area contributed by atoms with E-state index in [2.05, 4.69) is 24.3 Å². The standard InChI is InChI=1S/C13H25N3O/c1-4-9(2)12(13(17)16-14)10-7-5-6-8-11(10)15-3/h9-10,12H,4-8,14H2,1-3H3,(H,16,17). The number of aliphatic imine (C=N–C) groups is 1. The summed E-state index contributed by atoms with van der Waals surface area (Å²) in [5.41, 5.74) is 3.53. The highest BCUT2D eigenvalue weighted by atomic mass is 16.2. The molecule has 1 fully saturated rings. The van der Waals surface area contributed by atoms with Gasteiger partial charge in [-0.05, 0) is 25.2 Å². The molecule has 0 aromatic rings. The number of hydrogen-bond acceptors (Lipinski definition) is 3. The van der Waals surface area contributed by atoms with Gasteiger partial charge in [0.15, 0.2) is 0 Å². The SMILES string of the molecule is CCC(C)C(C(=O)NN)C1CCCCC1=NC. The Hall–Kier alpha value is -0.900. The van der Waals surface area contributed by atoms with Crippen molar-refractivity contribution < 1.29 is 4.79 Å². The Kier molecular flexibility index (Phi) is 5.62. The molecule has 3 N–H and O–H groups in total. The van der Waals surface area contributed by atoms with Gasteiger partial charge in [-0.1, -0.05) is 26.7 Å². The molecule has 17 heavy (non-hydrogen) atoms. The van der Waals surface area contributed by atoms with E-state index in [0.29, 0.717) is 5.92 Å². The maximum Gasteiger partial charge on any atom is 0.237 e. The van der Waals surface area contributed by atoms with Crippen LogP contribution in [-0.2, 0) is 4.79 Å². The molecule has 1 aliphatic rings. The van der Waals surface area contributed by atoms with Crippen LogP contribution in [-0.4, -0.2) is 18.7 Å². The topological polar surface area (TPSA) is 67.5 Å². The quantitative estimate of drug-likeness (QED) is 0.447. The maximum atomic E-state index is 12.0. The van der Waals surface area contributed by atoms with E-state index in [1.807, 2.05) is 7.05 Å². The highest BCUT2D eigenvalue weighted by Gasteiger charge is 2.35. The third-order valence-corrected chi connectivity index (χ3v) is 4.05. The van der Waals surface area contributed by atoms with E-state index in [0.717, 1.165) is 19.3 Å². The largest absolute Gasteiger partial charge is 0.297 e. The molecule has 0 aliphatic heterocycles. The number of nitrogens with zero attached hydrogens (tertiary/aromatic N) is 1. The van der Waals surface area contributed by atoms with E-state index in [4.69, 9.17) is 5.84 Å². The second-order valence-electron chi connectivity index (χ2n) is 4.99. The van der Waals surface area contributed by atoms with Gasteiger partial charge in [0.1, 0.15) is 0 Å². The molecular weight excluding hydrogens is 214 g/mol. The number of hydrogen-bond donors (Lipinski definition) is 2. The summed E-state index contributed by atoms with van der Waals surface area (Å²) in [6.07, 6.45) is 5.47. The second kappa shape index (κ2) is 6.74. The highest BCUT2D eigenvalue weighted by Crippen LogP contribution is 2.33. The van der Waals surface area contributed by atoms with Gasteiger partial charge in [0, 0.05) is 24.6 Å². The molecule has 3 unspecified atom stereocenters. The van der Waals surface area contributed by atoms with Crippen LogP contribution in [0.3, 0.4) is 0 Å². The van der Waals surface area contributed by atoms with E-state index >= 15 is 0 Å². The normalized spacial score (nSPS) is 26.6. The van der Waals surface area contributed by atoms with Crippen LogP contribution in [0.4, 0.5) is 0 Å². The van der Waals surface area contributed by atoms with Crippen LogP contribution in [0.25, 0.3) is 0 Å². The monoisotopic (exact) mass is 239 g/mol. The van der Waals surface area contributed by atoms with Gasteiger partial charge in [-0.25, -0.2) is 5.84 Å². The van der Waals surface area contributed by atoms with Gasteiger partial charge in [0.05, 0.1) is 0 Å². The molecule has 0 radical (unpaired) electrons. The van der Waals surface area contributed by atoms with Crippen molar-refractivity contribution >= 4 is 11.6 Å². The van der Waals surface area contributed by atoms with Crippen LogP contribution in [0.15, 0.2) is 4.99 Å². The van der Waals surface area contributed by atoms with Crippen molar-refractivity contribution in [2.24, 2.45) is 28.6 Å². The van der Waals surface area contributed by atoms with Crippen LogP contribution in [0.2, 0.25) is 0 Å². The average molecular weight is 239 g/mol. The van der Waals surface area contributed by atoms with E-state index in [9.17, 15) is 4.79 Å². The van der Waals surface area contributed by atoms with Gasteiger partial charge < -0.3 is 0 Å². The minimum absolute atomic E-state index is 0.0241. The van der Waals surface area contributed by atoms with Crippen LogP contribution >= 0.6 is 0 Å². The van der Waals surface area contributed by atoms with E-state index in [-0.39, 0.29) is 17.7 Å². The lowest BCUT2D eigenvalue weighted by Gasteiger charge is -2.33. The summed E-state index contributed by atoms with van der Waals surface area (Å²) in [5, 5.41) is 0. The van der Waals surface area contributed by atoms with Crippen molar-refractivity contribution in [1.82, 2.24) is 5.43 Å². The van der Waals surface area contributed by atoms with Crippen molar-refractivity contribution in [3.05, 3.63) is 0 Å². The molecular formula is C13H25N3O. The van der Waals surface area contributed by atoms with Crippen LogP contribution in [0, 0.1) is 17.8 Å². The third kappa shape index (κ3) is 3.28. The van der Waals surface area contributed by atoms with Gasteiger partial charge in [-0.2, -0.15) is 0 Å². The Labute approximate surface area is 104 Å². The molecule has 0 spiro atoms. The second-order valence-corrected chi connectivity index (χ2v) is 4.99. The Morgan fingerprint density at radius 1 is 1.59 bits per heavy atom. The van der Waals surface area contributed by atoms with E-state index in [1.54, 1.807) is 0 Å². The Balaban J connectivity index is 2.91. The fraction of sp³-hybridized carbons (Fsp3) is 0.846. The van der Waals surface area contributed by atoms with Crippen LogP contribution in [0.1, 0.15) is 46.0 Å². The van der Waals surface area contributed by atoms with Crippen molar-refractivity contribution in [2.75, 3.05) is 7.05 Å². The lowest BCUT2D eigenvalue weighted by molar-refractivity contribution is -0.128. The highest BCUT2D eigenvalue weighted by molar-refractivity contribution is 5.92. The zero-order valence-electron chi connectivity index (χ0n) is 11.2. The van der Waals surface area contributed by atoms with Crippen LogP contribution < -0.4 is 11.3 Å². The molecule has 1 amide bonds. The fourth-order valence-corrected chi connectivity index (χ4v) is 2.87. The van der Waals surface area contributed by atoms with Gasteiger partial charge in [-0.15, -0.1) is 0 Å². The van der Waals surface area contributed by atoms with Crippen molar-refractivity contribution in [3.8, 4) is 0 Å². The average Bonchev–Trinajstić information content (AvgIpc) is 2.39. The Morgan fingerprint density at radius 3 is 2.82 bits per heavy atom. The first-order valence-corrected chi connectivity index (χ1v) is 6.61. The first kappa shape index (κ1) is 14.2. The molecule has 1 rings (SSSR count). The summed E-state index contributed by atoms with van der Waals surface area (Å²) in [7, 11) is 1.83. The molecule has 0 aromatic carbocycles. The third-order valence-electron chi connectivity index (χ3n) is 4.05. The number of rotatable bonds is 4. The Bertz CT molecular complexity index is 288. The fourth-order valence-electron chi connectivity index (χ4n) is 2.87.